The maximum atomic E-state index is 13.7. The monoisotopic (exact) mass is 529 g/mol. The lowest BCUT2D eigenvalue weighted by atomic mass is 10.0. The molecule has 9 nitrogen and oxygen atoms in total. The fourth-order valence-electron chi connectivity index (χ4n) is 4.30. The normalized spacial score (nSPS) is 15.2. The molecule has 0 N–H and O–H groups in total. The van der Waals surface area contributed by atoms with Gasteiger partial charge in [0.05, 0.1) is 27.3 Å². The van der Waals surface area contributed by atoms with Gasteiger partial charge in [-0.1, -0.05) is 53.3 Å². The van der Waals surface area contributed by atoms with Crippen LogP contribution in [0.2, 0.25) is 0 Å². The van der Waals surface area contributed by atoms with Gasteiger partial charge in [0.15, 0.2) is 4.80 Å². The zero-order valence-electron chi connectivity index (χ0n) is 20.8. The molecule has 2 aromatic heterocycles. The van der Waals surface area contributed by atoms with E-state index in [1.165, 1.54) is 28.0 Å². The molecular formula is C28H23N3O6S. The molecule has 38 heavy (non-hydrogen) atoms. The highest BCUT2D eigenvalue weighted by Gasteiger charge is 2.35. The second-order valence-corrected chi connectivity index (χ2v) is 9.73. The number of hydrogen-bond acceptors (Lipinski definition) is 8. The van der Waals surface area contributed by atoms with E-state index in [4.69, 9.17) is 9.15 Å². The predicted molar refractivity (Wildman–Crippen MR) is 142 cm³/mol. The minimum Gasteiger partial charge on any atom is -0.463 e. The summed E-state index contributed by atoms with van der Waals surface area (Å²) in [6.07, 6.45) is 1.79. The van der Waals surface area contributed by atoms with Crippen LogP contribution in [-0.4, -0.2) is 22.1 Å². The minimum absolute atomic E-state index is 0.0764. The molecule has 0 saturated carbocycles. The number of aromatic nitrogens is 1. The van der Waals surface area contributed by atoms with Crippen molar-refractivity contribution in [3.05, 3.63) is 119 Å². The van der Waals surface area contributed by atoms with E-state index in [0.29, 0.717) is 32.1 Å². The van der Waals surface area contributed by atoms with Crippen LogP contribution in [0.25, 0.3) is 17.4 Å². The van der Waals surface area contributed by atoms with Crippen LogP contribution in [0.5, 0.6) is 0 Å². The highest BCUT2D eigenvalue weighted by Crippen LogP contribution is 2.34. The lowest BCUT2D eigenvalue weighted by Crippen LogP contribution is -2.39. The standard InChI is InChI=1S/C28H23N3O6S/c1-4-36-27(33)24-17(3)29-28-30(26(32)23(38-28)14-18-10-8-16(2)9-11-18)25(24)22-13-12-21(37-22)19-6-5-7-20(15-19)31(34)35/h5-15,25H,4H2,1-3H3/b23-14-/t25-/m1/s1. The van der Waals surface area contributed by atoms with Gasteiger partial charge in [-0.3, -0.25) is 19.5 Å². The van der Waals surface area contributed by atoms with Gasteiger partial charge in [0.1, 0.15) is 17.6 Å². The van der Waals surface area contributed by atoms with Gasteiger partial charge in [-0.2, -0.15) is 0 Å². The van der Waals surface area contributed by atoms with Crippen molar-refractivity contribution in [2.45, 2.75) is 26.8 Å². The molecule has 2 aromatic carbocycles. The van der Waals surface area contributed by atoms with Gasteiger partial charge in [0.25, 0.3) is 11.2 Å². The van der Waals surface area contributed by atoms with Gasteiger partial charge >= 0.3 is 5.97 Å². The van der Waals surface area contributed by atoms with Crippen LogP contribution in [0.4, 0.5) is 5.69 Å². The van der Waals surface area contributed by atoms with Crippen molar-refractivity contribution in [1.29, 1.82) is 0 Å². The van der Waals surface area contributed by atoms with Crippen LogP contribution >= 0.6 is 11.3 Å². The maximum Gasteiger partial charge on any atom is 0.338 e. The summed E-state index contributed by atoms with van der Waals surface area (Å²) >= 11 is 1.22. The number of fused-ring (bicyclic) bond motifs is 1. The number of hydrogen-bond donors (Lipinski definition) is 0. The smallest absolute Gasteiger partial charge is 0.338 e. The Hall–Kier alpha value is -4.57. The molecule has 192 valence electrons. The van der Waals surface area contributed by atoms with E-state index >= 15 is 0 Å². The third-order valence-corrected chi connectivity index (χ3v) is 7.11. The Morgan fingerprint density at radius 1 is 1.18 bits per heavy atom. The summed E-state index contributed by atoms with van der Waals surface area (Å²) in [5.41, 5.74) is 2.69. The van der Waals surface area contributed by atoms with Crippen molar-refractivity contribution >= 4 is 29.1 Å². The van der Waals surface area contributed by atoms with Crippen molar-refractivity contribution in [1.82, 2.24) is 4.57 Å². The van der Waals surface area contributed by atoms with E-state index in [1.54, 1.807) is 44.2 Å². The number of rotatable bonds is 6. The zero-order chi connectivity index (χ0) is 27.0. The molecule has 4 aromatic rings. The summed E-state index contributed by atoms with van der Waals surface area (Å²) in [7, 11) is 0. The first-order chi connectivity index (χ1) is 18.3. The largest absolute Gasteiger partial charge is 0.463 e. The van der Waals surface area contributed by atoms with E-state index < -0.39 is 16.9 Å². The number of benzene rings is 2. The van der Waals surface area contributed by atoms with Crippen LogP contribution in [0.1, 0.15) is 36.8 Å². The Balaban J connectivity index is 1.67. The average Bonchev–Trinajstić information content (AvgIpc) is 3.50. The Labute approximate surface area is 220 Å². The highest BCUT2D eigenvalue weighted by atomic mass is 32.1. The molecule has 1 aliphatic heterocycles. The number of nitrogens with zero attached hydrogens (tertiary/aromatic N) is 3. The van der Waals surface area contributed by atoms with Crippen LogP contribution in [0.15, 0.2) is 86.1 Å². The molecule has 0 unspecified atom stereocenters. The van der Waals surface area contributed by atoms with Crippen molar-refractivity contribution in [2.24, 2.45) is 4.99 Å². The summed E-state index contributed by atoms with van der Waals surface area (Å²) in [6, 6.07) is 16.2. The molecule has 0 fully saturated rings. The molecule has 10 heteroatoms. The number of allylic oxidation sites excluding steroid dienone is 1. The molecular weight excluding hydrogens is 506 g/mol. The molecule has 0 radical (unpaired) electrons. The minimum atomic E-state index is -0.919. The van der Waals surface area contributed by atoms with Crippen molar-refractivity contribution < 1.29 is 18.9 Å². The number of carbonyl (C=O) groups excluding carboxylic acids is 1. The average molecular weight is 530 g/mol. The van der Waals surface area contributed by atoms with E-state index in [0.717, 1.165) is 11.1 Å². The summed E-state index contributed by atoms with van der Waals surface area (Å²) in [5.74, 6) is 0.0788. The van der Waals surface area contributed by atoms with Gasteiger partial charge in [0, 0.05) is 17.7 Å². The number of ether oxygens (including phenoxy) is 1. The fourth-order valence-corrected chi connectivity index (χ4v) is 5.35. The second kappa shape index (κ2) is 10.1. The summed E-state index contributed by atoms with van der Waals surface area (Å²) in [5, 5.41) is 11.2. The first-order valence-electron chi connectivity index (χ1n) is 11.9. The Bertz CT molecular complexity index is 1780. The van der Waals surface area contributed by atoms with Crippen LogP contribution in [0.3, 0.4) is 0 Å². The predicted octanol–water partition coefficient (Wildman–Crippen LogP) is 4.27. The van der Waals surface area contributed by atoms with Crippen LogP contribution < -0.4 is 14.9 Å². The highest BCUT2D eigenvalue weighted by molar-refractivity contribution is 7.07. The topological polar surface area (TPSA) is 117 Å². The van der Waals surface area contributed by atoms with Gasteiger partial charge in [-0.25, -0.2) is 9.79 Å². The molecule has 3 heterocycles. The van der Waals surface area contributed by atoms with Crippen LogP contribution in [0, 0.1) is 17.0 Å². The molecule has 0 aliphatic carbocycles. The number of furan rings is 1. The molecule has 0 saturated heterocycles. The Morgan fingerprint density at radius 2 is 1.95 bits per heavy atom. The number of non-ortho nitro benzene ring substituents is 1. The van der Waals surface area contributed by atoms with Gasteiger partial charge in [-0.05, 0) is 44.5 Å². The quantitative estimate of drug-likeness (QED) is 0.209. The lowest BCUT2D eigenvalue weighted by molar-refractivity contribution is -0.384. The van der Waals surface area contributed by atoms with Crippen molar-refractivity contribution in [3.63, 3.8) is 0 Å². The van der Waals surface area contributed by atoms with E-state index in [2.05, 4.69) is 4.99 Å². The molecule has 0 amide bonds. The zero-order valence-corrected chi connectivity index (χ0v) is 21.7. The van der Waals surface area contributed by atoms with E-state index in [9.17, 15) is 19.7 Å². The third kappa shape index (κ3) is 4.61. The SMILES string of the molecule is CCOC(=O)C1=C(C)N=c2s/c(=C\c3ccc(C)cc3)c(=O)n2[C@@H]1c1ccc(-c2cccc([N+](=O)[O-])c2)o1. The molecule has 0 bridgehead atoms. The number of thiazole rings is 1. The van der Waals surface area contributed by atoms with Gasteiger partial charge < -0.3 is 9.15 Å². The number of aryl methyl sites for hydroxylation is 1. The molecule has 5 rings (SSSR count). The first-order valence-corrected chi connectivity index (χ1v) is 12.7. The Kier molecular flexibility index (Phi) is 6.64. The van der Waals surface area contributed by atoms with Crippen molar-refractivity contribution in [3.8, 4) is 11.3 Å². The first kappa shape index (κ1) is 25.1. The van der Waals surface area contributed by atoms with E-state index in [1.807, 2.05) is 31.2 Å². The fraction of sp³-hybridized carbons (Fsp3) is 0.179. The summed E-state index contributed by atoms with van der Waals surface area (Å²) in [4.78, 5) is 42.5. The van der Waals surface area contributed by atoms with Gasteiger partial charge in [-0.15, -0.1) is 0 Å². The summed E-state index contributed by atoms with van der Waals surface area (Å²) in [6.45, 7) is 5.54. The maximum absolute atomic E-state index is 13.7. The number of esters is 1. The lowest BCUT2D eigenvalue weighted by Gasteiger charge is -2.22. The Morgan fingerprint density at radius 3 is 2.66 bits per heavy atom. The number of carbonyl (C=O) groups is 1. The van der Waals surface area contributed by atoms with Crippen LogP contribution in [-0.2, 0) is 9.53 Å². The third-order valence-electron chi connectivity index (χ3n) is 6.13. The summed E-state index contributed by atoms with van der Waals surface area (Å²) < 4.78 is 13.3. The van der Waals surface area contributed by atoms with Gasteiger partial charge in [0.2, 0.25) is 0 Å². The second-order valence-electron chi connectivity index (χ2n) is 8.72. The molecule has 1 aliphatic rings. The molecule has 0 spiro atoms. The number of nitro groups is 1. The van der Waals surface area contributed by atoms with E-state index in [-0.39, 0.29) is 23.4 Å². The molecule has 1 atom stereocenters. The number of nitro benzene ring substituents is 1. The van der Waals surface area contributed by atoms with Crippen molar-refractivity contribution in [2.75, 3.05) is 6.61 Å².